The fourth-order valence-corrected chi connectivity index (χ4v) is 12.4. The van der Waals surface area contributed by atoms with Gasteiger partial charge < -0.3 is 45.1 Å². The van der Waals surface area contributed by atoms with Crippen LogP contribution in [0.2, 0.25) is 0 Å². The van der Waals surface area contributed by atoms with E-state index in [1.807, 2.05) is 6.08 Å². The Morgan fingerprint density at radius 1 is 0.416 bits per heavy atom. The van der Waals surface area contributed by atoms with E-state index in [4.69, 9.17) is 14.2 Å². The van der Waals surface area contributed by atoms with Crippen LogP contribution in [-0.4, -0.2) is 100 Å². The van der Waals surface area contributed by atoms with Crippen molar-refractivity contribution in [3.05, 3.63) is 36.5 Å². The summed E-state index contributed by atoms with van der Waals surface area (Å²) in [5.41, 5.74) is 0. The van der Waals surface area contributed by atoms with Gasteiger partial charge in [-0.05, 0) is 64.2 Å². The molecule has 1 saturated heterocycles. The van der Waals surface area contributed by atoms with Crippen molar-refractivity contribution in [1.82, 2.24) is 5.32 Å². The van der Waals surface area contributed by atoms with Crippen molar-refractivity contribution in [1.29, 1.82) is 0 Å². The van der Waals surface area contributed by atoms with E-state index in [0.717, 1.165) is 57.8 Å². The van der Waals surface area contributed by atoms with Crippen molar-refractivity contribution in [2.45, 2.75) is 429 Å². The maximum Gasteiger partial charge on any atom is 0.305 e. The molecule has 0 spiro atoms. The van der Waals surface area contributed by atoms with Gasteiger partial charge in [-0.3, -0.25) is 9.59 Å². The van der Waals surface area contributed by atoms with Crippen LogP contribution in [-0.2, 0) is 23.8 Å². The number of rotatable bonds is 69. The molecule has 11 nitrogen and oxygen atoms in total. The first-order valence-corrected chi connectivity index (χ1v) is 38.8. The minimum Gasteiger partial charge on any atom is -0.466 e. The fraction of sp³-hybridized carbons (Fsp3) is 0.897. The number of unbranched alkanes of at least 4 members (excludes halogenated alkanes) is 51. The van der Waals surface area contributed by atoms with Gasteiger partial charge in [0.15, 0.2) is 6.29 Å². The van der Waals surface area contributed by atoms with E-state index in [1.165, 1.54) is 302 Å². The second-order valence-electron chi connectivity index (χ2n) is 27.1. The molecule has 7 atom stereocenters. The lowest BCUT2D eigenvalue weighted by Gasteiger charge is -2.40. The summed E-state index contributed by atoms with van der Waals surface area (Å²) in [5.74, 6) is -0.165. The van der Waals surface area contributed by atoms with Crippen LogP contribution in [0.4, 0.5) is 0 Å². The summed E-state index contributed by atoms with van der Waals surface area (Å²) in [6.45, 7) is 4.37. The third kappa shape index (κ3) is 56.0. The Kier molecular flexibility index (Phi) is 64.2. The van der Waals surface area contributed by atoms with Gasteiger partial charge in [-0.15, -0.1) is 0 Å². The number of aliphatic hydroxyl groups is 5. The molecule has 11 heteroatoms. The van der Waals surface area contributed by atoms with Crippen LogP contribution >= 0.6 is 0 Å². The van der Waals surface area contributed by atoms with Crippen LogP contribution in [0.15, 0.2) is 36.5 Å². The molecule has 1 rings (SSSR count). The van der Waals surface area contributed by atoms with Gasteiger partial charge in [0.2, 0.25) is 5.91 Å². The summed E-state index contributed by atoms with van der Waals surface area (Å²) in [4.78, 5) is 25.1. The molecule has 7 unspecified atom stereocenters. The number of carbonyl (C=O) groups excluding carboxylic acids is 2. The highest BCUT2D eigenvalue weighted by Crippen LogP contribution is 2.24. The maximum absolute atomic E-state index is 13.0. The predicted octanol–water partition coefficient (Wildman–Crippen LogP) is 20.5. The summed E-state index contributed by atoms with van der Waals surface area (Å²) in [5, 5.41) is 54.4. The average molecular weight is 1260 g/mol. The molecule has 0 bridgehead atoms. The molecule has 89 heavy (non-hydrogen) atoms. The highest BCUT2D eigenvalue weighted by Gasteiger charge is 2.44. The van der Waals surface area contributed by atoms with Gasteiger partial charge in [-0.1, -0.05) is 346 Å². The lowest BCUT2D eigenvalue weighted by molar-refractivity contribution is -0.302. The summed E-state index contributed by atoms with van der Waals surface area (Å²) in [6.07, 6.45) is 77.5. The van der Waals surface area contributed by atoms with Crippen molar-refractivity contribution >= 4 is 11.9 Å². The number of esters is 1. The molecule has 0 radical (unpaired) electrons. The predicted molar refractivity (Wildman–Crippen MR) is 375 cm³/mol. The zero-order valence-corrected chi connectivity index (χ0v) is 58.4. The first-order valence-electron chi connectivity index (χ1n) is 38.8. The first kappa shape index (κ1) is 84.9. The second-order valence-corrected chi connectivity index (χ2v) is 27.1. The van der Waals surface area contributed by atoms with Crippen LogP contribution in [0.1, 0.15) is 386 Å². The zero-order valence-electron chi connectivity index (χ0n) is 58.4. The zero-order chi connectivity index (χ0) is 64.4. The van der Waals surface area contributed by atoms with Gasteiger partial charge in [-0.2, -0.15) is 0 Å². The Morgan fingerprint density at radius 2 is 0.753 bits per heavy atom. The molecule has 0 aliphatic carbocycles. The lowest BCUT2D eigenvalue weighted by atomic mass is 9.99. The standard InChI is InChI=1S/C78H147NO10/c1-3-5-7-9-11-13-15-16-17-40-43-46-50-54-58-62-66-74(83)87-67-63-59-55-51-47-44-41-38-36-34-32-30-28-26-24-22-20-18-19-21-23-25-27-29-31-33-35-37-39-42-45-49-53-57-61-65-73(82)79-70(69-88-78-77(86)76(85)75(84)72(68-80)89-78)71(81)64-60-56-52-48-14-12-10-8-6-4-2/h20,22,26,28,60,64,70-72,75-78,80-81,84-86H,3-19,21,23-25,27,29-59,61-63,65-69H2,1-2H3,(H,79,82)/b22-20-,28-26-,64-60+. The molecule has 0 aromatic rings. The van der Waals surface area contributed by atoms with Gasteiger partial charge in [0, 0.05) is 12.8 Å². The van der Waals surface area contributed by atoms with Crippen molar-refractivity contribution in [2.24, 2.45) is 0 Å². The first-order chi connectivity index (χ1) is 43.7. The third-order valence-electron chi connectivity index (χ3n) is 18.5. The van der Waals surface area contributed by atoms with Crippen LogP contribution < -0.4 is 5.32 Å². The summed E-state index contributed by atoms with van der Waals surface area (Å²) in [7, 11) is 0. The van der Waals surface area contributed by atoms with Crippen molar-refractivity contribution in [2.75, 3.05) is 19.8 Å². The minimum atomic E-state index is -1.57. The molecule has 1 heterocycles. The summed E-state index contributed by atoms with van der Waals surface area (Å²) in [6, 6.07) is -0.807. The average Bonchev–Trinajstić information content (AvgIpc) is 1.60. The van der Waals surface area contributed by atoms with Gasteiger partial charge >= 0.3 is 5.97 Å². The van der Waals surface area contributed by atoms with E-state index < -0.39 is 49.5 Å². The number of hydrogen-bond acceptors (Lipinski definition) is 10. The molecule has 1 aliphatic rings. The number of aliphatic hydroxyl groups excluding tert-OH is 5. The quantitative estimate of drug-likeness (QED) is 0.0195. The number of allylic oxidation sites excluding steroid dienone is 5. The van der Waals surface area contributed by atoms with Crippen molar-refractivity contribution < 1.29 is 49.3 Å². The van der Waals surface area contributed by atoms with E-state index in [2.05, 4.69) is 43.5 Å². The Labute approximate surface area is 549 Å². The molecule has 0 aromatic carbocycles. The molecule has 1 amide bonds. The number of nitrogens with one attached hydrogen (secondary N) is 1. The number of amides is 1. The third-order valence-corrected chi connectivity index (χ3v) is 18.5. The highest BCUT2D eigenvalue weighted by atomic mass is 16.7. The summed E-state index contributed by atoms with van der Waals surface area (Å²) >= 11 is 0. The molecule has 0 aromatic heterocycles. The molecule has 0 saturated carbocycles. The number of carbonyl (C=O) groups is 2. The van der Waals surface area contributed by atoms with Crippen molar-refractivity contribution in [3.8, 4) is 0 Å². The normalized spacial score (nSPS) is 17.9. The molecule has 524 valence electrons. The van der Waals surface area contributed by atoms with E-state index in [0.29, 0.717) is 19.4 Å². The molecular formula is C78H147NO10. The van der Waals surface area contributed by atoms with Crippen LogP contribution in [0, 0.1) is 0 Å². The number of ether oxygens (including phenoxy) is 3. The lowest BCUT2D eigenvalue weighted by Crippen LogP contribution is -2.60. The van der Waals surface area contributed by atoms with E-state index in [1.54, 1.807) is 6.08 Å². The SMILES string of the molecule is CCCCCCCCCC/C=C/C(O)C(COC1OC(CO)C(O)C(O)C1O)NC(=O)CCCCCCCCCCCCCCCCCCC/C=C\C/C=C\CCCCCCCCCCCCCOC(=O)CCCCCCCCCCCCCCCCCC. The van der Waals surface area contributed by atoms with E-state index in [-0.39, 0.29) is 18.5 Å². The van der Waals surface area contributed by atoms with Crippen LogP contribution in [0.3, 0.4) is 0 Å². The largest absolute Gasteiger partial charge is 0.466 e. The van der Waals surface area contributed by atoms with Gasteiger partial charge in [0.05, 0.1) is 32.0 Å². The molecular weight excluding hydrogens is 1110 g/mol. The Bertz CT molecular complexity index is 1570. The maximum atomic E-state index is 13.0. The fourth-order valence-electron chi connectivity index (χ4n) is 12.4. The highest BCUT2D eigenvalue weighted by molar-refractivity contribution is 5.76. The van der Waals surface area contributed by atoms with Crippen molar-refractivity contribution in [3.63, 3.8) is 0 Å². The Balaban J connectivity index is 1.89. The molecule has 1 fully saturated rings. The van der Waals surface area contributed by atoms with Crippen LogP contribution in [0.5, 0.6) is 0 Å². The van der Waals surface area contributed by atoms with E-state index >= 15 is 0 Å². The van der Waals surface area contributed by atoms with Gasteiger partial charge in [0.25, 0.3) is 0 Å². The van der Waals surface area contributed by atoms with Gasteiger partial charge in [0.1, 0.15) is 24.4 Å². The molecule has 6 N–H and O–H groups in total. The minimum absolute atomic E-state index is 0.0141. The topological polar surface area (TPSA) is 175 Å². The Hall–Kier alpha value is -2.12. The monoisotopic (exact) mass is 1260 g/mol. The van der Waals surface area contributed by atoms with E-state index in [9.17, 15) is 35.1 Å². The Morgan fingerprint density at radius 3 is 1.13 bits per heavy atom. The molecule has 1 aliphatic heterocycles. The number of hydrogen-bond donors (Lipinski definition) is 6. The van der Waals surface area contributed by atoms with Crippen LogP contribution in [0.25, 0.3) is 0 Å². The second kappa shape index (κ2) is 67.3. The van der Waals surface area contributed by atoms with Gasteiger partial charge in [-0.25, -0.2) is 0 Å². The smallest absolute Gasteiger partial charge is 0.305 e. The summed E-state index contributed by atoms with van der Waals surface area (Å²) < 4.78 is 16.7.